The molecule has 0 bridgehead atoms. The summed E-state index contributed by atoms with van der Waals surface area (Å²) in [6, 6.07) is -0.975. The number of ether oxygens (including phenoxy) is 6. The molecule has 19 nitrogen and oxygen atoms in total. The molecule has 3 rings (SSSR count). The molecule has 1 amide bonds. The standard InChI is InChI=1S/C68H123NO18/c1-3-5-7-9-11-13-15-17-19-20-21-22-23-24-25-26-27-28-29-30-32-34-36-38-40-42-44-46-56(74)69-51(52(73)45-43-41-39-37-35-33-31-18-16-14-12-10-8-6-4-2)50-82-66-62(80)59(77)64(54(48-71)84-66)87-68-63(81)60(78)65(55(49-72)85-68)86-67-61(79)58(76)57(75)53(47-70)83-67/h15,17,20-21,23-24,43,45,51-55,57-68,70-73,75-81H,3-14,16,18-19,22,25-42,44,46-50H2,1-2H3,(H,69,74)/b17-15-,21-20-,24-23-,45-43+. The third kappa shape index (κ3) is 32.7. The van der Waals surface area contributed by atoms with Gasteiger partial charge in [-0.25, -0.2) is 0 Å². The Morgan fingerprint density at radius 3 is 1.18 bits per heavy atom. The van der Waals surface area contributed by atoms with Crippen molar-refractivity contribution in [2.45, 2.75) is 349 Å². The molecule has 508 valence electrons. The minimum absolute atomic E-state index is 0.240. The average Bonchev–Trinajstić information content (AvgIpc) is 1.10. The number of hydrogen-bond donors (Lipinski definition) is 12. The SMILES string of the molecule is CCCCCCC/C=C\C/C=C\C/C=C\CCCCCCCCCCCCCCC(=O)NC(COC1OC(CO)C(OC2OC(CO)C(OC3OC(CO)C(O)C(O)C3O)C(O)C2O)C(O)C1O)C(O)/C=C/CCCCCCCCCCCCCCC. The monoisotopic (exact) mass is 1240 g/mol. The van der Waals surface area contributed by atoms with Crippen molar-refractivity contribution >= 4 is 5.91 Å². The Balaban J connectivity index is 1.42. The van der Waals surface area contributed by atoms with Crippen molar-refractivity contribution in [3.63, 3.8) is 0 Å². The molecule has 0 radical (unpaired) electrons. The van der Waals surface area contributed by atoms with Gasteiger partial charge in [-0.3, -0.25) is 4.79 Å². The number of amides is 1. The molecule has 0 spiro atoms. The summed E-state index contributed by atoms with van der Waals surface area (Å²) in [6.07, 6.45) is 32.3. The van der Waals surface area contributed by atoms with Crippen LogP contribution in [0.5, 0.6) is 0 Å². The molecule has 3 aliphatic rings. The zero-order valence-corrected chi connectivity index (χ0v) is 53.5. The van der Waals surface area contributed by atoms with Crippen LogP contribution in [0.4, 0.5) is 0 Å². The van der Waals surface area contributed by atoms with Gasteiger partial charge in [0.25, 0.3) is 0 Å². The molecule has 0 aliphatic carbocycles. The zero-order valence-electron chi connectivity index (χ0n) is 53.5. The second-order valence-electron chi connectivity index (χ2n) is 24.6. The van der Waals surface area contributed by atoms with Gasteiger partial charge >= 0.3 is 0 Å². The number of aliphatic hydroxyl groups is 11. The van der Waals surface area contributed by atoms with Gasteiger partial charge in [0.05, 0.1) is 38.6 Å². The van der Waals surface area contributed by atoms with Crippen molar-refractivity contribution in [3.8, 4) is 0 Å². The highest BCUT2D eigenvalue weighted by atomic mass is 16.8. The summed E-state index contributed by atoms with van der Waals surface area (Å²) in [4.78, 5) is 13.4. The minimum atomic E-state index is -1.98. The number of carbonyl (C=O) groups is 1. The van der Waals surface area contributed by atoms with Crippen LogP contribution in [0.2, 0.25) is 0 Å². The maximum Gasteiger partial charge on any atom is 0.220 e. The first-order chi connectivity index (χ1) is 42.3. The second-order valence-corrected chi connectivity index (χ2v) is 24.6. The van der Waals surface area contributed by atoms with Gasteiger partial charge in [-0.15, -0.1) is 0 Å². The summed E-state index contributed by atoms with van der Waals surface area (Å²) in [6.45, 7) is 1.72. The van der Waals surface area contributed by atoms with E-state index in [1.165, 1.54) is 154 Å². The summed E-state index contributed by atoms with van der Waals surface area (Å²) in [5.74, 6) is -0.278. The molecular weight excluding hydrogens is 1120 g/mol. The van der Waals surface area contributed by atoms with E-state index in [9.17, 15) is 61.0 Å². The van der Waals surface area contributed by atoms with Crippen molar-refractivity contribution in [1.29, 1.82) is 0 Å². The minimum Gasteiger partial charge on any atom is -0.394 e. The van der Waals surface area contributed by atoms with Gasteiger partial charge in [-0.2, -0.15) is 0 Å². The number of nitrogens with one attached hydrogen (secondary N) is 1. The normalized spacial score (nSPS) is 28.9. The molecule has 17 atom stereocenters. The Morgan fingerprint density at radius 1 is 0.414 bits per heavy atom. The van der Waals surface area contributed by atoms with Gasteiger partial charge in [0.2, 0.25) is 5.91 Å². The van der Waals surface area contributed by atoms with E-state index in [0.717, 1.165) is 64.2 Å². The van der Waals surface area contributed by atoms with Gasteiger partial charge in [0.15, 0.2) is 18.9 Å². The summed E-state index contributed by atoms with van der Waals surface area (Å²) in [5.41, 5.74) is 0. The van der Waals surface area contributed by atoms with Crippen LogP contribution in [0.1, 0.15) is 245 Å². The van der Waals surface area contributed by atoms with Crippen LogP contribution in [-0.4, -0.2) is 193 Å². The van der Waals surface area contributed by atoms with Gasteiger partial charge in [0, 0.05) is 6.42 Å². The van der Waals surface area contributed by atoms with Crippen LogP contribution in [-0.2, 0) is 33.2 Å². The Hall–Kier alpha value is -2.25. The van der Waals surface area contributed by atoms with E-state index in [2.05, 4.69) is 55.6 Å². The molecule has 3 heterocycles. The highest BCUT2D eigenvalue weighted by Gasteiger charge is 2.53. The number of carbonyl (C=O) groups excluding carboxylic acids is 1. The molecule has 3 saturated heterocycles. The van der Waals surface area contributed by atoms with Crippen LogP contribution >= 0.6 is 0 Å². The first kappa shape index (κ1) is 79.0. The number of hydrogen-bond acceptors (Lipinski definition) is 18. The smallest absolute Gasteiger partial charge is 0.220 e. The van der Waals surface area contributed by atoms with E-state index in [0.29, 0.717) is 6.42 Å². The highest BCUT2D eigenvalue weighted by Crippen LogP contribution is 2.33. The van der Waals surface area contributed by atoms with E-state index in [-0.39, 0.29) is 18.9 Å². The van der Waals surface area contributed by atoms with E-state index >= 15 is 0 Å². The largest absolute Gasteiger partial charge is 0.394 e. The van der Waals surface area contributed by atoms with E-state index < -0.39 is 124 Å². The lowest BCUT2D eigenvalue weighted by atomic mass is 9.96. The highest BCUT2D eigenvalue weighted by molar-refractivity contribution is 5.76. The average molecular weight is 1240 g/mol. The van der Waals surface area contributed by atoms with Crippen molar-refractivity contribution < 1.29 is 89.4 Å². The quantitative estimate of drug-likeness (QED) is 0.0200. The van der Waals surface area contributed by atoms with Crippen LogP contribution in [0.25, 0.3) is 0 Å². The molecule has 87 heavy (non-hydrogen) atoms. The molecule has 12 N–H and O–H groups in total. The van der Waals surface area contributed by atoms with Crippen molar-refractivity contribution in [3.05, 3.63) is 48.6 Å². The fourth-order valence-corrected chi connectivity index (χ4v) is 11.5. The lowest BCUT2D eigenvalue weighted by Crippen LogP contribution is -2.66. The molecule has 0 aromatic carbocycles. The lowest BCUT2D eigenvalue weighted by Gasteiger charge is -2.48. The number of allylic oxidation sites excluding steroid dienone is 7. The molecular formula is C68H123NO18. The van der Waals surface area contributed by atoms with Crippen molar-refractivity contribution in [1.82, 2.24) is 5.32 Å². The fourth-order valence-electron chi connectivity index (χ4n) is 11.5. The van der Waals surface area contributed by atoms with Gasteiger partial charge in [0.1, 0.15) is 73.2 Å². The Bertz CT molecular complexity index is 1770. The molecule has 17 unspecified atom stereocenters. The molecule has 0 aromatic heterocycles. The van der Waals surface area contributed by atoms with Crippen LogP contribution < -0.4 is 5.32 Å². The number of unbranched alkanes of at least 4 members (excludes halogenated alkanes) is 30. The summed E-state index contributed by atoms with van der Waals surface area (Å²) in [5, 5.41) is 120. The Kier molecular flexibility index (Phi) is 45.7. The summed E-state index contributed by atoms with van der Waals surface area (Å²) >= 11 is 0. The Morgan fingerprint density at radius 2 is 0.759 bits per heavy atom. The van der Waals surface area contributed by atoms with Crippen LogP contribution in [0, 0.1) is 0 Å². The summed E-state index contributed by atoms with van der Waals surface area (Å²) < 4.78 is 34.3. The third-order valence-corrected chi connectivity index (χ3v) is 17.1. The van der Waals surface area contributed by atoms with Gasteiger partial charge in [-0.05, 0) is 57.8 Å². The first-order valence-corrected chi connectivity index (χ1v) is 34.4. The van der Waals surface area contributed by atoms with Gasteiger partial charge < -0.3 is 89.9 Å². The molecule has 3 fully saturated rings. The fraction of sp³-hybridized carbons (Fsp3) is 0.868. The van der Waals surface area contributed by atoms with Crippen LogP contribution in [0.3, 0.4) is 0 Å². The number of aliphatic hydroxyl groups excluding tert-OH is 11. The predicted molar refractivity (Wildman–Crippen MR) is 337 cm³/mol. The van der Waals surface area contributed by atoms with Gasteiger partial charge in [-0.1, -0.05) is 229 Å². The first-order valence-electron chi connectivity index (χ1n) is 34.4. The topological polar surface area (TPSA) is 307 Å². The molecule has 3 aliphatic heterocycles. The zero-order chi connectivity index (χ0) is 63.3. The maximum atomic E-state index is 13.4. The predicted octanol–water partition coefficient (Wildman–Crippen LogP) is 8.61. The Labute approximate surface area is 523 Å². The number of rotatable bonds is 52. The summed E-state index contributed by atoms with van der Waals surface area (Å²) in [7, 11) is 0. The van der Waals surface area contributed by atoms with E-state index in [1.54, 1.807) is 6.08 Å². The third-order valence-electron chi connectivity index (χ3n) is 17.1. The lowest BCUT2D eigenvalue weighted by molar-refractivity contribution is -0.379. The van der Waals surface area contributed by atoms with Crippen molar-refractivity contribution in [2.24, 2.45) is 0 Å². The van der Waals surface area contributed by atoms with Crippen LogP contribution in [0.15, 0.2) is 48.6 Å². The molecule has 19 heteroatoms. The van der Waals surface area contributed by atoms with E-state index in [4.69, 9.17) is 28.4 Å². The second kappa shape index (κ2) is 50.3. The molecule has 0 aromatic rings. The van der Waals surface area contributed by atoms with Crippen molar-refractivity contribution in [2.75, 3.05) is 26.4 Å². The molecule has 0 saturated carbocycles. The van der Waals surface area contributed by atoms with E-state index in [1.807, 2.05) is 6.08 Å². The maximum absolute atomic E-state index is 13.4.